The zero-order valence-electron chi connectivity index (χ0n) is 25.6. The number of pyridine rings is 3. The number of fused-ring (bicyclic) bond motifs is 2. The van der Waals surface area contributed by atoms with Crippen molar-refractivity contribution in [1.82, 2.24) is 44.9 Å². The maximum Gasteiger partial charge on any atom is 0.161 e. The highest BCUT2D eigenvalue weighted by atomic mass is 19.1. The van der Waals surface area contributed by atoms with Gasteiger partial charge in [0.2, 0.25) is 0 Å². The summed E-state index contributed by atoms with van der Waals surface area (Å²) in [4.78, 5) is 26.9. The zero-order chi connectivity index (χ0) is 30.8. The Morgan fingerprint density at radius 3 is 2.64 bits per heavy atom. The van der Waals surface area contributed by atoms with Crippen molar-refractivity contribution in [3.63, 3.8) is 0 Å². The number of benzene rings is 1. The Bertz CT molecular complexity index is 1940. The van der Waals surface area contributed by atoms with Gasteiger partial charge in [0.15, 0.2) is 11.5 Å². The first-order valence-electron chi connectivity index (χ1n) is 15.6. The van der Waals surface area contributed by atoms with Crippen LogP contribution in [0.15, 0.2) is 61.2 Å². The third-order valence-corrected chi connectivity index (χ3v) is 8.35. The van der Waals surface area contributed by atoms with Crippen molar-refractivity contribution < 1.29 is 4.39 Å². The Morgan fingerprint density at radius 2 is 1.78 bits per heavy atom. The molecule has 7 rings (SSSR count). The van der Waals surface area contributed by atoms with E-state index < -0.39 is 0 Å². The monoisotopic (exact) mass is 604 g/mol. The van der Waals surface area contributed by atoms with Crippen LogP contribution in [-0.2, 0) is 6.42 Å². The molecule has 1 saturated heterocycles. The molecule has 45 heavy (non-hydrogen) atoms. The summed E-state index contributed by atoms with van der Waals surface area (Å²) in [5.74, 6) is 0.234. The fraction of sp³-hybridized carbons (Fsp3) is 0.324. The van der Waals surface area contributed by atoms with Gasteiger partial charge in [0.05, 0.1) is 28.4 Å². The van der Waals surface area contributed by atoms with Gasteiger partial charge in [-0.3, -0.25) is 15.1 Å². The fourth-order valence-corrected chi connectivity index (χ4v) is 6.03. The third-order valence-electron chi connectivity index (χ3n) is 8.35. The number of aryl methyl sites for hydroxylation is 1. The first kappa shape index (κ1) is 29.0. The van der Waals surface area contributed by atoms with E-state index in [0.29, 0.717) is 40.3 Å². The van der Waals surface area contributed by atoms with Gasteiger partial charge >= 0.3 is 0 Å². The van der Waals surface area contributed by atoms with Gasteiger partial charge in [-0.05, 0) is 107 Å². The number of aromatic nitrogens is 7. The average Bonchev–Trinajstić information content (AvgIpc) is 3.80. The van der Waals surface area contributed by atoms with E-state index in [1.165, 1.54) is 43.6 Å². The minimum atomic E-state index is -0.326. The normalized spacial score (nSPS) is 13.9. The van der Waals surface area contributed by atoms with Gasteiger partial charge < -0.3 is 20.1 Å². The van der Waals surface area contributed by atoms with Crippen molar-refractivity contribution in [3.8, 4) is 33.9 Å². The molecule has 3 N–H and O–H groups in total. The molecule has 0 bridgehead atoms. The molecule has 0 saturated carbocycles. The molecule has 1 fully saturated rings. The van der Waals surface area contributed by atoms with Gasteiger partial charge in [0, 0.05) is 48.5 Å². The van der Waals surface area contributed by atoms with E-state index >= 15 is 0 Å². The molecule has 0 spiro atoms. The van der Waals surface area contributed by atoms with Crippen LogP contribution in [0.2, 0.25) is 0 Å². The van der Waals surface area contributed by atoms with E-state index in [9.17, 15) is 4.39 Å². The van der Waals surface area contributed by atoms with Crippen LogP contribution in [0.3, 0.4) is 0 Å². The highest BCUT2D eigenvalue weighted by Crippen LogP contribution is 2.33. The maximum atomic E-state index is 14.7. The molecule has 1 aromatic carbocycles. The summed E-state index contributed by atoms with van der Waals surface area (Å²) in [5.41, 5.74) is 8.67. The van der Waals surface area contributed by atoms with Crippen LogP contribution >= 0.6 is 0 Å². The van der Waals surface area contributed by atoms with Crippen LogP contribution in [0.1, 0.15) is 24.8 Å². The molecule has 1 aliphatic heterocycles. The van der Waals surface area contributed by atoms with Crippen molar-refractivity contribution in [2.45, 2.75) is 25.7 Å². The lowest BCUT2D eigenvalue weighted by atomic mass is 10.1. The SMILES string of the molecule is CN(C)CCNc1cc(F)cc(-c2cncc3[nH]c(-c4n[nH]c5ccc(-c6cncc(CCCN7CCCC7)c6)nc45)nc23)c1. The number of hydrogen-bond donors (Lipinski definition) is 3. The number of nitrogens with one attached hydrogen (secondary N) is 3. The Balaban J connectivity index is 1.17. The van der Waals surface area contributed by atoms with E-state index in [-0.39, 0.29) is 5.82 Å². The van der Waals surface area contributed by atoms with Crippen LogP contribution in [-0.4, -0.2) is 91.7 Å². The molecule has 230 valence electrons. The fourth-order valence-electron chi connectivity index (χ4n) is 6.03. The second kappa shape index (κ2) is 12.7. The molecule has 0 amide bonds. The lowest BCUT2D eigenvalue weighted by molar-refractivity contribution is 0.334. The first-order valence-corrected chi connectivity index (χ1v) is 15.6. The Hall–Kier alpha value is -4.74. The summed E-state index contributed by atoms with van der Waals surface area (Å²) in [7, 11) is 4.01. The van der Waals surface area contributed by atoms with Gasteiger partial charge in [-0.1, -0.05) is 0 Å². The lowest BCUT2D eigenvalue weighted by Crippen LogP contribution is -2.20. The van der Waals surface area contributed by atoms with Crippen LogP contribution in [0.5, 0.6) is 0 Å². The number of imidazole rings is 1. The summed E-state index contributed by atoms with van der Waals surface area (Å²) in [6.07, 6.45) is 12.0. The number of likely N-dealkylation sites (tertiary alicyclic amines) is 1. The third kappa shape index (κ3) is 6.40. The summed E-state index contributed by atoms with van der Waals surface area (Å²) in [6.45, 7) is 5.11. The van der Waals surface area contributed by atoms with Gasteiger partial charge in [-0.25, -0.2) is 14.4 Å². The van der Waals surface area contributed by atoms with Gasteiger partial charge in [0.25, 0.3) is 0 Å². The summed E-state index contributed by atoms with van der Waals surface area (Å²) >= 11 is 0. The van der Waals surface area contributed by atoms with Gasteiger partial charge in [-0.15, -0.1) is 0 Å². The summed E-state index contributed by atoms with van der Waals surface area (Å²) in [5, 5.41) is 11.0. The van der Waals surface area contributed by atoms with E-state index in [2.05, 4.69) is 46.3 Å². The topological polar surface area (TPSA) is 115 Å². The van der Waals surface area contributed by atoms with Crippen LogP contribution in [0, 0.1) is 5.82 Å². The number of halogens is 1. The number of anilines is 1. The van der Waals surface area contributed by atoms with Gasteiger partial charge in [-0.2, -0.15) is 5.10 Å². The Morgan fingerprint density at radius 1 is 0.911 bits per heavy atom. The Kier molecular flexibility index (Phi) is 8.19. The molecule has 1 aliphatic rings. The van der Waals surface area contributed by atoms with Gasteiger partial charge in [0.1, 0.15) is 11.3 Å². The highest BCUT2D eigenvalue weighted by molar-refractivity contribution is 5.96. The smallest absolute Gasteiger partial charge is 0.161 e. The minimum absolute atomic E-state index is 0.326. The van der Waals surface area contributed by atoms with Crippen molar-refractivity contribution in [2.24, 2.45) is 0 Å². The second-order valence-corrected chi connectivity index (χ2v) is 12.0. The molecule has 10 nitrogen and oxygen atoms in total. The zero-order valence-corrected chi connectivity index (χ0v) is 25.6. The number of H-pyrrole nitrogens is 2. The summed E-state index contributed by atoms with van der Waals surface area (Å²) < 4.78 is 14.7. The van der Waals surface area contributed by atoms with Crippen LogP contribution in [0.25, 0.3) is 56.0 Å². The Labute approximate surface area is 261 Å². The molecule has 0 unspecified atom stereocenters. The molecule has 11 heteroatoms. The van der Waals surface area contributed by atoms with Crippen LogP contribution < -0.4 is 5.32 Å². The van der Waals surface area contributed by atoms with E-state index in [1.807, 2.05) is 44.7 Å². The molecule has 6 heterocycles. The molecule has 0 radical (unpaired) electrons. The van der Waals surface area contributed by atoms with Crippen molar-refractivity contribution >= 4 is 27.8 Å². The predicted molar refractivity (Wildman–Crippen MR) is 176 cm³/mol. The lowest BCUT2D eigenvalue weighted by Gasteiger charge is -2.14. The van der Waals surface area contributed by atoms with E-state index in [0.717, 1.165) is 53.8 Å². The maximum absolute atomic E-state index is 14.7. The first-order chi connectivity index (χ1) is 22.0. The summed E-state index contributed by atoms with van der Waals surface area (Å²) in [6, 6.07) is 11.1. The quantitative estimate of drug-likeness (QED) is 0.171. The molecular formula is C34H37FN10. The van der Waals surface area contributed by atoms with Crippen molar-refractivity contribution in [3.05, 3.63) is 72.6 Å². The molecular weight excluding hydrogens is 567 g/mol. The van der Waals surface area contributed by atoms with Crippen molar-refractivity contribution in [1.29, 1.82) is 0 Å². The molecule has 6 aromatic rings. The second-order valence-electron chi connectivity index (χ2n) is 12.0. The number of rotatable bonds is 11. The number of likely N-dealkylation sites (N-methyl/N-ethyl adjacent to an activating group) is 1. The minimum Gasteiger partial charge on any atom is -0.384 e. The standard InChI is InChI=1S/C34H37FN10/c1-44(2)13-9-38-26-16-23(15-25(35)17-26)27-20-37-21-30-31(27)41-34(40-30)33-32-29(42-43-33)8-7-28(39-32)24-14-22(18-36-19-24)6-5-12-45-10-3-4-11-45/h7-8,14-21,38H,3-6,9-13H2,1-2H3,(H,40,41)(H,42,43). The van der Waals surface area contributed by atoms with Crippen molar-refractivity contribution in [2.75, 3.05) is 52.1 Å². The largest absolute Gasteiger partial charge is 0.384 e. The molecule has 0 aliphatic carbocycles. The predicted octanol–water partition coefficient (Wildman–Crippen LogP) is 5.77. The van der Waals surface area contributed by atoms with E-state index in [1.54, 1.807) is 12.4 Å². The van der Waals surface area contributed by atoms with Crippen LogP contribution in [0.4, 0.5) is 10.1 Å². The number of hydrogen-bond acceptors (Lipinski definition) is 8. The average molecular weight is 605 g/mol. The molecule has 0 atom stereocenters. The highest BCUT2D eigenvalue weighted by Gasteiger charge is 2.18. The molecule has 5 aromatic heterocycles. The number of nitrogens with zero attached hydrogens (tertiary/aromatic N) is 7. The van der Waals surface area contributed by atoms with E-state index in [4.69, 9.17) is 9.97 Å². The number of aromatic amines is 2.